The molecule has 3 rings (SSSR count). The number of H-pyrrole nitrogens is 1. The van der Waals surface area contributed by atoms with Gasteiger partial charge in [-0.1, -0.05) is 31.2 Å². The van der Waals surface area contributed by atoms with Gasteiger partial charge in [-0.25, -0.2) is 9.89 Å². The standard InChI is InChI=1S/C18H23N3O3/c1-12-5-3-4-6-15(12)11-13(2)17(22)21-9-7-14(8-10-21)16-19-20-18(23)24-16/h3-6,13-14H,7-11H2,1-2H3,(H,20,23). The third-order valence-electron chi connectivity index (χ3n) is 4.82. The van der Waals surface area contributed by atoms with Gasteiger partial charge in [0, 0.05) is 24.9 Å². The van der Waals surface area contributed by atoms with Crippen LogP contribution >= 0.6 is 0 Å². The van der Waals surface area contributed by atoms with Crippen LogP contribution in [0, 0.1) is 12.8 Å². The zero-order chi connectivity index (χ0) is 17.1. The highest BCUT2D eigenvalue weighted by molar-refractivity contribution is 5.79. The number of nitrogens with one attached hydrogen (secondary N) is 1. The summed E-state index contributed by atoms with van der Waals surface area (Å²) >= 11 is 0. The maximum Gasteiger partial charge on any atom is 0.434 e. The van der Waals surface area contributed by atoms with Crippen molar-refractivity contribution in [3.8, 4) is 0 Å². The second-order valence-corrected chi connectivity index (χ2v) is 6.58. The predicted molar refractivity (Wildman–Crippen MR) is 89.7 cm³/mol. The number of aromatic amines is 1. The zero-order valence-electron chi connectivity index (χ0n) is 14.1. The van der Waals surface area contributed by atoms with Crippen LogP contribution < -0.4 is 5.76 Å². The molecule has 1 aliphatic heterocycles. The number of carbonyl (C=O) groups is 1. The summed E-state index contributed by atoms with van der Waals surface area (Å²) in [5.74, 6) is 0.209. The largest absolute Gasteiger partial charge is 0.434 e. The average Bonchev–Trinajstić information content (AvgIpc) is 3.03. The number of rotatable bonds is 4. The number of carbonyl (C=O) groups excluding carboxylic acids is 1. The molecular formula is C18H23N3O3. The van der Waals surface area contributed by atoms with Crippen molar-refractivity contribution in [1.82, 2.24) is 15.1 Å². The molecule has 1 fully saturated rings. The zero-order valence-corrected chi connectivity index (χ0v) is 14.1. The molecule has 2 heterocycles. The van der Waals surface area contributed by atoms with E-state index in [1.165, 1.54) is 11.1 Å². The molecule has 1 saturated heterocycles. The minimum absolute atomic E-state index is 0.0361. The number of nitrogens with zero attached hydrogens (tertiary/aromatic N) is 2. The van der Waals surface area contributed by atoms with Gasteiger partial charge in [0.25, 0.3) is 0 Å². The quantitative estimate of drug-likeness (QED) is 0.933. The molecule has 128 valence electrons. The summed E-state index contributed by atoms with van der Waals surface area (Å²) in [5.41, 5.74) is 2.45. The molecule has 1 aromatic carbocycles. The molecule has 1 aromatic heterocycles. The molecule has 6 nitrogen and oxygen atoms in total. The number of aryl methyl sites for hydroxylation is 1. The fourth-order valence-corrected chi connectivity index (χ4v) is 3.33. The number of piperidine rings is 1. The normalized spacial score (nSPS) is 17.0. The molecule has 1 N–H and O–H groups in total. The molecule has 2 aromatic rings. The van der Waals surface area contributed by atoms with E-state index in [-0.39, 0.29) is 17.7 Å². The maximum atomic E-state index is 12.7. The van der Waals surface area contributed by atoms with Crippen molar-refractivity contribution in [2.75, 3.05) is 13.1 Å². The van der Waals surface area contributed by atoms with Gasteiger partial charge < -0.3 is 9.32 Å². The first-order chi connectivity index (χ1) is 11.5. The van der Waals surface area contributed by atoms with Crippen LogP contribution in [0.25, 0.3) is 0 Å². The van der Waals surface area contributed by atoms with Crippen LogP contribution in [0.4, 0.5) is 0 Å². The number of aromatic nitrogens is 2. The van der Waals surface area contributed by atoms with E-state index in [9.17, 15) is 9.59 Å². The smallest absolute Gasteiger partial charge is 0.392 e. The van der Waals surface area contributed by atoms with Crippen molar-refractivity contribution < 1.29 is 9.21 Å². The number of hydrogen-bond donors (Lipinski definition) is 1. The number of amides is 1. The van der Waals surface area contributed by atoms with Gasteiger partial charge in [-0.3, -0.25) is 4.79 Å². The van der Waals surface area contributed by atoms with Gasteiger partial charge in [0.15, 0.2) is 0 Å². The number of likely N-dealkylation sites (tertiary alicyclic amines) is 1. The second kappa shape index (κ2) is 7.03. The van der Waals surface area contributed by atoms with Crippen LogP contribution in [0.3, 0.4) is 0 Å². The minimum atomic E-state index is -0.518. The van der Waals surface area contributed by atoms with Crippen LogP contribution in [-0.4, -0.2) is 34.1 Å². The Balaban J connectivity index is 1.56. The van der Waals surface area contributed by atoms with Crippen molar-refractivity contribution >= 4 is 5.91 Å². The monoisotopic (exact) mass is 329 g/mol. The van der Waals surface area contributed by atoms with Gasteiger partial charge >= 0.3 is 5.76 Å². The Bertz CT molecular complexity index is 757. The lowest BCUT2D eigenvalue weighted by atomic mass is 9.93. The maximum absolute atomic E-state index is 12.7. The van der Waals surface area contributed by atoms with Gasteiger partial charge in [-0.05, 0) is 37.3 Å². The van der Waals surface area contributed by atoms with E-state index < -0.39 is 5.76 Å². The lowest BCUT2D eigenvalue weighted by Gasteiger charge is -2.32. The van der Waals surface area contributed by atoms with E-state index in [4.69, 9.17) is 4.42 Å². The van der Waals surface area contributed by atoms with E-state index in [1.54, 1.807) is 0 Å². The first-order valence-electron chi connectivity index (χ1n) is 8.43. The molecule has 0 radical (unpaired) electrons. The van der Waals surface area contributed by atoms with Crippen molar-refractivity contribution in [3.63, 3.8) is 0 Å². The van der Waals surface area contributed by atoms with Crippen LogP contribution in [0.2, 0.25) is 0 Å². The topological polar surface area (TPSA) is 79.2 Å². The molecule has 0 spiro atoms. The van der Waals surface area contributed by atoms with Gasteiger partial charge in [0.1, 0.15) is 0 Å². The highest BCUT2D eigenvalue weighted by Crippen LogP contribution is 2.27. The Labute approximate surface area is 140 Å². The van der Waals surface area contributed by atoms with E-state index in [0.717, 1.165) is 19.3 Å². The van der Waals surface area contributed by atoms with E-state index in [1.807, 2.05) is 24.0 Å². The molecule has 1 unspecified atom stereocenters. The molecule has 24 heavy (non-hydrogen) atoms. The van der Waals surface area contributed by atoms with Crippen molar-refractivity contribution in [1.29, 1.82) is 0 Å². The lowest BCUT2D eigenvalue weighted by molar-refractivity contribution is -0.136. The van der Waals surface area contributed by atoms with E-state index >= 15 is 0 Å². The predicted octanol–water partition coefficient (Wildman–Crippen LogP) is 2.26. The fraction of sp³-hybridized carbons (Fsp3) is 0.500. The third kappa shape index (κ3) is 3.58. The molecule has 1 amide bonds. The second-order valence-electron chi connectivity index (χ2n) is 6.58. The highest BCUT2D eigenvalue weighted by atomic mass is 16.4. The first-order valence-corrected chi connectivity index (χ1v) is 8.43. The van der Waals surface area contributed by atoms with E-state index in [2.05, 4.69) is 29.3 Å². The Kier molecular flexibility index (Phi) is 4.83. The molecule has 0 saturated carbocycles. The summed E-state index contributed by atoms with van der Waals surface area (Å²) in [4.78, 5) is 25.7. The van der Waals surface area contributed by atoms with Gasteiger partial charge in [-0.2, -0.15) is 0 Å². The van der Waals surface area contributed by atoms with E-state index in [0.29, 0.717) is 19.0 Å². The van der Waals surface area contributed by atoms with Gasteiger partial charge in [0.05, 0.1) is 0 Å². The third-order valence-corrected chi connectivity index (χ3v) is 4.82. The Morgan fingerprint density at radius 2 is 2.08 bits per heavy atom. The molecule has 0 bridgehead atoms. The first kappa shape index (κ1) is 16.5. The SMILES string of the molecule is Cc1ccccc1CC(C)C(=O)N1CCC(c2n[nH]c(=O)o2)CC1. The fourth-order valence-electron chi connectivity index (χ4n) is 3.33. The lowest BCUT2D eigenvalue weighted by Crippen LogP contribution is -2.41. The van der Waals surface area contributed by atoms with Crippen molar-refractivity contribution in [3.05, 3.63) is 51.8 Å². The molecule has 6 heteroatoms. The van der Waals surface area contributed by atoms with Crippen molar-refractivity contribution in [2.24, 2.45) is 5.92 Å². The van der Waals surface area contributed by atoms with Crippen LogP contribution in [0.5, 0.6) is 0 Å². The summed E-state index contributed by atoms with van der Waals surface area (Å²) in [6, 6.07) is 8.20. The summed E-state index contributed by atoms with van der Waals surface area (Å²) in [7, 11) is 0. The minimum Gasteiger partial charge on any atom is -0.392 e. The number of benzene rings is 1. The molecule has 0 aliphatic carbocycles. The highest BCUT2D eigenvalue weighted by Gasteiger charge is 2.29. The van der Waals surface area contributed by atoms with Crippen LogP contribution in [-0.2, 0) is 11.2 Å². The molecular weight excluding hydrogens is 306 g/mol. The van der Waals surface area contributed by atoms with Crippen LogP contribution in [0.15, 0.2) is 33.5 Å². The summed E-state index contributed by atoms with van der Waals surface area (Å²) in [6.07, 6.45) is 2.31. The number of hydrogen-bond acceptors (Lipinski definition) is 4. The summed E-state index contributed by atoms with van der Waals surface area (Å²) < 4.78 is 5.03. The van der Waals surface area contributed by atoms with Gasteiger partial charge in [-0.15, -0.1) is 5.10 Å². The van der Waals surface area contributed by atoms with Crippen molar-refractivity contribution in [2.45, 2.75) is 39.0 Å². The Morgan fingerprint density at radius 1 is 1.38 bits per heavy atom. The Hall–Kier alpha value is -2.37. The summed E-state index contributed by atoms with van der Waals surface area (Å²) in [5, 5.41) is 6.20. The van der Waals surface area contributed by atoms with Gasteiger partial charge in [0.2, 0.25) is 11.8 Å². The molecule has 1 atom stereocenters. The Morgan fingerprint density at radius 3 is 2.71 bits per heavy atom. The average molecular weight is 329 g/mol. The van der Waals surface area contributed by atoms with Crippen LogP contribution in [0.1, 0.15) is 42.7 Å². The molecule has 1 aliphatic rings. The summed E-state index contributed by atoms with van der Waals surface area (Å²) in [6.45, 7) is 5.43.